The minimum absolute atomic E-state index is 0.111. The van der Waals surface area contributed by atoms with Crippen molar-refractivity contribution in [1.29, 1.82) is 0 Å². The zero-order valence-corrected chi connectivity index (χ0v) is 16.5. The smallest absolute Gasteiger partial charge is 0.413 e. The number of rotatable bonds is 4. The molecule has 10 heteroatoms. The molecule has 1 aliphatic rings. The topological polar surface area (TPSA) is 128 Å². The molecule has 1 aromatic carbocycles. The lowest BCUT2D eigenvalue weighted by Crippen LogP contribution is -2.31. The number of fused-ring (bicyclic) bond motifs is 1. The molecule has 0 radical (unpaired) electrons. The number of nitrogens with zero attached hydrogens (tertiary/aromatic N) is 1. The highest BCUT2D eigenvalue weighted by Crippen LogP contribution is 2.38. The summed E-state index contributed by atoms with van der Waals surface area (Å²) in [7, 11) is 1.15. The average Bonchev–Trinajstić information content (AvgIpc) is 2.88. The molecule has 1 heterocycles. The lowest BCUT2D eigenvalue weighted by molar-refractivity contribution is -0.385. The van der Waals surface area contributed by atoms with Gasteiger partial charge >= 0.3 is 6.09 Å². The molecule has 0 unspecified atom stereocenters. The molecule has 0 aliphatic heterocycles. The Bertz CT molecular complexity index is 984. The first-order valence-electron chi connectivity index (χ1n) is 9.01. The highest BCUT2D eigenvalue weighted by atomic mass is 32.1. The molecular weight excluding hydrogens is 398 g/mol. The van der Waals surface area contributed by atoms with Gasteiger partial charge in [0.15, 0.2) is 0 Å². The Morgan fingerprint density at radius 2 is 1.83 bits per heavy atom. The predicted octanol–water partition coefficient (Wildman–Crippen LogP) is 3.67. The van der Waals surface area contributed by atoms with Crippen LogP contribution in [0.4, 0.5) is 15.5 Å². The first-order chi connectivity index (χ1) is 13.9. The summed E-state index contributed by atoms with van der Waals surface area (Å²) in [5.74, 6) is -1.37. The van der Waals surface area contributed by atoms with Gasteiger partial charge in [0, 0.05) is 10.9 Å². The van der Waals surface area contributed by atoms with Gasteiger partial charge in [-0.15, -0.1) is 11.3 Å². The third kappa shape index (κ3) is 4.43. The van der Waals surface area contributed by atoms with Gasteiger partial charge in [0.25, 0.3) is 17.5 Å². The van der Waals surface area contributed by atoms with Crippen LogP contribution in [0.1, 0.15) is 50.4 Å². The van der Waals surface area contributed by atoms with E-state index in [1.807, 2.05) is 0 Å². The second-order valence-electron chi connectivity index (χ2n) is 6.44. The molecule has 3 amide bonds. The van der Waals surface area contributed by atoms with Gasteiger partial charge in [-0.05, 0) is 37.3 Å². The number of hydrogen-bond acceptors (Lipinski definition) is 7. The van der Waals surface area contributed by atoms with Crippen LogP contribution in [0.5, 0.6) is 0 Å². The molecule has 152 valence electrons. The number of hydrogen-bond donors (Lipinski definition) is 2. The Morgan fingerprint density at radius 1 is 1.10 bits per heavy atom. The summed E-state index contributed by atoms with van der Waals surface area (Å²) in [6.07, 6.45) is 3.39. The summed E-state index contributed by atoms with van der Waals surface area (Å²) in [4.78, 5) is 48.5. The molecule has 0 atom stereocenters. The maximum absolute atomic E-state index is 12.7. The fourth-order valence-corrected chi connectivity index (χ4v) is 4.55. The number of ether oxygens (including phenoxy) is 1. The first-order valence-corrected chi connectivity index (χ1v) is 9.82. The highest BCUT2D eigenvalue weighted by molar-refractivity contribution is 7.17. The van der Waals surface area contributed by atoms with E-state index in [2.05, 4.69) is 15.4 Å². The SMILES string of the molecule is COC(=O)NC(=O)c1c(NC(=O)c2ccccc2[N+](=O)[O-])sc2c1CCCCC2. The van der Waals surface area contributed by atoms with Gasteiger partial charge in [-0.25, -0.2) is 4.79 Å². The number of nitro groups is 1. The molecule has 0 spiro atoms. The standard InChI is InChI=1S/C19H19N3O6S/c1-28-19(25)21-17(24)15-12-8-3-2-4-10-14(12)29-18(15)20-16(23)11-7-5-6-9-13(11)22(26)27/h5-7,9H,2-4,8,10H2,1H3,(H,20,23)(H,21,24,25). The van der Waals surface area contributed by atoms with Crippen LogP contribution in [0, 0.1) is 10.1 Å². The average molecular weight is 417 g/mol. The largest absolute Gasteiger partial charge is 0.453 e. The van der Waals surface area contributed by atoms with E-state index in [9.17, 15) is 24.5 Å². The van der Waals surface area contributed by atoms with E-state index < -0.39 is 22.8 Å². The van der Waals surface area contributed by atoms with Crippen molar-refractivity contribution in [2.24, 2.45) is 0 Å². The number of thiophene rings is 1. The maximum atomic E-state index is 12.7. The second kappa shape index (κ2) is 8.82. The summed E-state index contributed by atoms with van der Waals surface area (Å²) in [6.45, 7) is 0. The number of imide groups is 1. The van der Waals surface area contributed by atoms with Crippen LogP contribution in [0.15, 0.2) is 24.3 Å². The van der Waals surface area contributed by atoms with Crippen LogP contribution in [0.2, 0.25) is 0 Å². The van der Waals surface area contributed by atoms with Crippen molar-refractivity contribution in [3.05, 3.63) is 55.9 Å². The fraction of sp³-hybridized carbons (Fsp3) is 0.316. The van der Waals surface area contributed by atoms with E-state index in [1.54, 1.807) is 0 Å². The number of para-hydroxylation sites is 1. The van der Waals surface area contributed by atoms with Crippen LogP contribution in [0.25, 0.3) is 0 Å². The van der Waals surface area contributed by atoms with Crippen LogP contribution >= 0.6 is 11.3 Å². The molecular formula is C19H19N3O6S. The number of alkyl carbamates (subject to hydrolysis) is 1. The van der Waals surface area contributed by atoms with Crippen molar-refractivity contribution < 1.29 is 24.0 Å². The predicted molar refractivity (Wildman–Crippen MR) is 106 cm³/mol. The van der Waals surface area contributed by atoms with Crippen molar-refractivity contribution in [2.75, 3.05) is 12.4 Å². The quantitative estimate of drug-likeness (QED) is 0.444. The van der Waals surface area contributed by atoms with E-state index in [1.165, 1.54) is 35.6 Å². The Hall–Kier alpha value is -3.27. The summed E-state index contributed by atoms with van der Waals surface area (Å²) in [6, 6.07) is 5.58. The monoisotopic (exact) mass is 417 g/mol. The number of carbonyl (C=O) groups is 3. The molecule has 2 aromatic rings. The molecule has 0 fully saturated rings. The number of anilines is 1. The van der Waals surface area contributed by atoms with Crippen LogP contribution in [0.3, 0.4) is 0 Å². The van der Waals surface area contributed by atoms with Crippen LogP contribution in [-0.2, 0) is 17.6 Å². The van der Waals surface area contributed by atoms with Crippen molar-refractivity contribution in [2.45, 2.75) is 32.1 Å². The Labute approximate surface area is 170 Å². The Balaban J connectivity index is 1.98. The number of amides is 3. The molecule has 0 saturated heterocycles. The molecule has 9 nitrogen and oxygen atoms in total. The minimum atomic E-state index is -0.903. The lowest BCUT2D eigenvalue weighted by atomic mass is 10.0. The highest BCUT2D eigenvalue weighted by Gasteiger charge is 2.28. The molecule has 2 N–H and O–H groups in total. The van der Waals surface area contributed by atoms with Crippen molar-refractivity contribution in [3.63, 3.8) is 0 Å². The van der Waals surface area contributed by atoms with Gasteiger partial charge in [0.2, 0.25) is 0 Å². The third-order valence-corrected chi connectivity index (χ3v) is 5.83. The maximum Gasteiger partial charge on any atom is 0.413 e. The Morgan fingerprint density at radius 3 is 2.55 bits per heavy atom. The second-order valence-corrected chi connectivity index (χ2v) is 7.55. The summed E-state index contributed by atoms with van der Waals surface area (Å²) < 4.78 is 4.49. The summed E-state index contributed by atoms with van der Waals surface area (Å²) >= 11 is 1.26. The van der Waals surface area contributed by atoms with E-state index in [-0.39, 0.29) is 21.8 Å². The third-order valence-electron chi connectivity index (χ3n) is 4.62. The zero-order chi connectivity index (χ0) is 21.0. The van der Waals surface area contributed by atoms with Gasteiger partial charge in [-0.1, -0.05) is 18.6 Å². The van der Waals surface area contributed by atoms with Crippen LogP contribution in [-0.4, -0.2) is 29.9 Å². The number of benzene rings is 1. The molecule has 1 aliphatic carbocycles. The fourth-order valence-electron chi connectivity index (χ4n) is 3.27. The Kier molecular flexibility index (Phi) is 6.23. The van der Waals surface area contributed by atoms with Gasteiger partial charge < -0.3 is 10.1 Å². The molecule has 29 heavy (non-hydrogen) atoms. The van der Waals surface area contributed by atoms with Gasteiger partial charge in [0.1, 0.15) is 10.6 Å². The van der Waals surface area contributed by atoms with Gasteiger partial charge in [-0.3, -0.25) is 25.0 Å². The lowest BCUT2D eigenvalue weighted by Gasteiger charge is -2.09. The van der Waals surface area contributed by atoms with Gasteiger partial charge in [0.05, 0.1) is 17.6 Å². The van der Waals surface area contributed by atoms with E-state index in [0.29, 0.717) is 6.42 Å². The van der Waals surface area contributed by atoms with Gasteiger partial charge in [-0.2, -0.15) is 0 Å². The minimum Gasteiger partial charge on any atom is -0.453 e. The number of nitro benzene ring substituents is 1. The van der Waals surface area contributed by atoms with E-state index >= 15 is 0 Å². The summed E-state index contributed by atoms with van der Waals surface area (Å²) in [5, 5.41) is 16.3. The first kappa shape index (κ1) is 20.5. The normalized spacial score (nSPS) is 13.0. The molecule has 0 saturated carbocycles. The number of carbonyl (C=O) groups excluding carboxylic acids is 3. The molecule has 0 bridgehead atoms. The number of aryl methyl sites for hydroxylation is 1. The zero-order valence-electron chi connectivity index (χ0n) is 15.6. The van der Waals surface area contributed by atoms with E-state index in [0.717, 1.165) is 43.2 Å². The number of nitrogens with one attached hydrogen (secondary N) is 2. The molecule has 1 aromatic heterocycles. The number of methoxy groups -OCH3 is 1. The molecule has 3 rings (SSSR count). The van der Waals surface area contributed by atoms with Crippen molar-refractivity contribution in [1.82, 2.24) is 5.32 Å². The van der Waals surface area contributed by atoms with Crippen LogP contribution < -0.4 is 10.6 Å². The summed E-state index contributed by atoms with van der Waals surface area (Å²) in [5.41, 5.74) is 0.570. The van der Waals surface area contributed by atoms with Crippen molar-refractivity contribution in [3.8, 4) is 0 Å². The van der Waals surface area contributed by atoms with Crippen molar-refractivity contribution >= 4 is 39.9 Å². The van der Waals surface area contributed by atoms with E-state index in [4.69, 9.17) is 0 Å².